The van der Waals surface area contributed by atoms with Crippen LogP contribution in [0.3, 0.4) is 0 Å². The summed E-state index contributed by atoms with van der Waals surface area (Å²) in [7, 11) is 0. The molecule has 0 aliphatic heterocycles. The van der Waals surface area contributed by atoms with Gasteiger partial charge in [-0.2, -0.15) is 5.10 Å². The van der Waals surface area contributed by atoms with Crippen molar-refractivity contribution in [2.75, 3.05) is 0 Å². The highest BCUT2D eigenvalue weighted by atomic mass is 32.1. The molecule has 6 nitrogen and oxygen atoms in total. The molecule has 168 valence electrons. The third kappa shape index (κ3) is 5.93. The van der Waals surface area contributed by atoms with E-state index in [1.165, 1.54) is 12.1 Å². The summed E-state index contributed by atoms with van der Waals surface area (Å²) in [6, 6.07) is 21.2. The predicted molar refractivity (Wildman–Crippen MR) is 127 cm³/mol. The topological polar surface area (TPSA) is 71.9 Å². The quantitative estimate of drug-likeness (QED) is 0.337. The van der Waals surface area contributed by atoms with E-state index in [-0.39, 0.29) is 18.1 Å². The largest absolute Gasteiger partial charge is 0.457 e. The average Bonchev–Trinajstić information content (AvgIpc) is 3.19. The minimum Gasteiger partial charge on any atom is -0.457 e. The number of amides is 1. The number of carbonyl (C=O) groups is 1. The zero-order valence-corrected chi connectivity index (χ0v) is 18.9. The fraction of sp³-hybridized carbons (Fsp3) is 0.160. The molecule has 8 heteroatoms. The van der Waals surface area contributed by atoms with E-state index in [2.05, 4.69) is 15.5 Å². The maximum Gasteiger partial charge on any atom is 0.222 e. The summed E-state index contributed by atoms with van der Waals surface area (Å²) < 4.78 is 21.0. The molecule has 1 amide bonds. The molecule has 0 saturated heterocycles. The molecule has 0 unspecified atom stereocenters. The van der Waals surface area contributed by atoms with Crippen molar-refractivity contribution in [3.63, 3.8) is 0 Å². The zero-order valence-electron chi connectivity index (χ0n) is 18.0. The van der Waals surface area contributed by atoms with E-state index < -0.39 is 0 Å². The van der Waals surface area contributed by atoms with Crippen LogP contribution in [0.15, 0.2) is 72.8 Å². The Morgan fingerprint density at radius 2 is 1.67 bits per heavy atom. The lowest BCUT2D eigenvalue weighted by atomic mass is 10.1. The Balaban J connectivity index is 1.29. The van der Waals surface area contributed by atoms with Crippen molar-refractivity contribution in [1.29, 1.82) is 0 Å². The van der Waals surface area contributed by atoms with Gasteiger partial charge in [0, 0.05) is 25.1 Å². The number of hydrogen-bond acceptors (Lipinski definition) is 4. The fourth-order valence-electron chi connectivity index (χ4n) is 3.26. The Morgan fingerprint density at radius 3 is 2.33 bits per heavy atom. The summed E-state index contributed by atoms with van der Waals surface area (Å²) in [4.78, 5) is 12.4. The third-order valence-electron chi connectivity index (χ3n) is 5.09. The van der Waals surface area contributed by atoms with E-state index in [0.717, 1.165) is 16.7 Å². The van der Waals surface area contributed by atoms with Gasteiger partial charge in [-0.3, -0.25) is 14.5 Å². The van der Waals surface area contributed by atoms with E-state index in [1.54, 1.807) is 12.1 Å². The lowest BCUT2D eigenvalue weighted by Gasteiger charge is -2.09. The average molecular weight is 463 g/mol. The molecular formula is C25H23FN4O2S. The maximum absolute atomic E-state index is 13.0. The van der Waals surface area contributed by atoms with E-state index in [9.17, 15) is 9.18 Å². The monoisotopic (exact) mass is 462 g/mol. The van der Waals surface area contributed by atoms with Crippen molar-refractivity contribution < 1.29 is 13.9 Å². The van der Waals surface area contributed by atoms with Crippen LogP contribution in [-0.4, -0.2) is 20.7 Å². The van der Waals surface area contributed by atoms with E-state index in [1.807, 2.05) is 60.0 Å². The number of halogens is 1. The van der Waals surface area contributed by atoms with Crippen molar-refractivity contribution in [2.45, 2.75) is 26.4 Å². The maximum atomic E-state index is 13.0. The highest BCUT2D eigenvalue weighted by molar-refractivity contribution is 7.71. The molecule has 4 rings (SSSR count). The number of aromatic nitrogens is 3. The predicted octanol–water partition coefficient (Wildman–Crippen LogP) is 5.55. The highest BCUT2D eigenvalue weighted by Gasteiger charge is 2.11. The van der Waals surface area contributed by atoms with Gasteiger partial charge in [0.1, 0.15) is 17.3 Å². The van der Waals surface area contributed by atoms with Crippen molar-refractivity contribution in [2.24, 2.45) is 0 Å². The van der Waals surface area contributed by atoms with Crippen LogP contribution >= 0.6 is 12.2 Å². The second-order valence-electron chi connectivity index (χ2n) is 7.60. The van der Waals surface area contributed by atoms with Crippen molar-refractivity contribution in [1.82, 2.24) is 20.1 Å². The summed E-state index contributed by atoms with van der Waals surface area (Å²) in [6.45, 7) is 2.85. The van der Waals surface area contributed by atoms with Crippen LogP contribution in [0.2, 0.25) is 0 Å². The number of carbonyl (C=O) groups excluding carboxylic acids is 1. The number of aromatic amines is 1. The number of benzene rings is 3. The summed E-state index contributed by atoms with van der Waals surface area (Å²) in [5.41, 5.74) is 3.04. The molecular weight excluding hydrogens is 439 g/mol. The molecule has 0 atom stereocenters. The SMILES string of the molecule is Cc1ccc(-c2n[nH]c(=S)n2CCC(=O)NCc2ccc(Oc3ccc(F)cc3)cc2)cc1. The molecule has 33 heavy (non-hydrogen) atoms. The summed E-state index contributed by atoms with van der Waals surface area (Å²) in [5.74, 6) is 1.51. The van der Waals surface area contributed by atoms with Crippen LogP contribution in [0.5, 0.6) is 11.5 Å². The fourth-order valence-corrected chi connectivity index (χ4v) is 3.49. The molecule has 1 heterocycles. The Bertz CT molecular complexity index is 1280. The van der Waals surface area contributed by atoms with Gasteiger partial charge < -0.3 is 10.1 Å². The minimum atomic E-state index is -0.310. The number of aryl methyl sites for hydroxylation is 1. The van der Waals surface area contributed by atoms with Gasteiger partial charge in [0.15, 0.2) is 10.6 Å². The number of ether oxygens (including phenoxy) is 1. The lowest BCUT2D eigenvalue weighted by Crippen LogP contribution is -2.24. The van der Waals surface area contributed by atoms with Gasteiger partial charge in [0.25, 0.3) is 0 Å². The third-order valence-corrected chi connectivity index (χ3v) is 5.40. The Morgan fingerprint density at radius 1 is 1.03 bits per heavy atom. The molecule has 2 N–H and O–H groups in total. The van der Waals surface area contributed by atoms with Gasteiger partial charge in [-0.1, -0.05) is 42.0 Å². The molecule has 4 aromatic rings. The Hall–Kier alpha value is -3.78. The van der Waals surface area contributed by atoms with Gasteiger partial charge in [-0.15, -0.1) is 0 Å². The normalized spacial score (nSPS) is 10.7. The molecule has 0 fully saturated rings. The molecule has 0 aliphatic rings. The second-order valence-corrected chi connectivity index (χ2v) is 7.98. The second kappa shape index (κ2) is 10.2. The number of nitrogens with one attached hydrogen (secondary N) is 2. The first-order chi connectivity index (χ1) is 16.0. The van der Waals surface area contributed by atoms with Crippen molar-refractivity contribution >= 4 is 18.1 Å². The van der Waals surface area contributed by atoms with Gasteiger partial charge in [-0.25, -0.2) is 4.39 Å². The number of nitrogens with zero attached hydrogens (tertiary/aromatic N) is 2. The van der Waals surface area contributed by atoms with Crippen molar-refractivity contribution in [3.8, 4) is 22.9 Å². The Kier molecular flexibility index (Phi) is 6.95. The molecule has 0 spiro atoms. The standard InChI is InChI=1S/C25H23FN4O2S/c1-17-2-6-19(7-3-17)24-28-29-25(33)30(24)15-14-23(31)27-16-18-4-10-21(11-5-18)32-22-12-8-20(26)9-13-22/h2-13H,14-16H2,1H3,(H,27,31)(H,29,33). The van der Waals surface area contributed by atoms with Crippen LogP contribution in [0.4, 0.5) is 4.39 Å². The zero-order chi connectivity index (χ0) is 23.2. The lowest BCUT2D eigenvalue weighted by molar-refractivity contribution is -0.121. The van der Waals surface area contributed by atoms with Crippen LogP contribution in [-0.2, 0) is 17.9 Å². The van der Waals surface area contributed by atoms with Crippen LogP contribution in [0.25, 0.3) is 11.4 Å². The van der Waals surface area contributed by atoms with Crippen LogP contribution in [0.1, 0.15) is 17.5 Å². The molecule has 0 aliphatic carbocycles. The van der Waals surface area contributed by atoms with Crippen LogP contribution in [0, 0.1) is 17.5 Å². The van der Waals surface area contributed by atoms with E-state index in [0.29, 0.717) is 35.2 Å². The number of hydrogen-bond donors (Lipinski definition) is 2. The Labute approximate surface area is 196 Å². The van der Waals surface area contributed by atoms with E-state index in [4.69, 9.17) is 17.0 Å². The first-order valence-corrected chi connectivity index (χ1v) is 10.9. The molecule has 0 radical (unpaired) electrons. The summed E-state index contributed by atoms with van der Waals surface area (Å²) in [5, 5.41) is 10.0. The number of rotatable bonds is 8. The molecule has 3 aromatic carbocycles. The van der Waals surface area contributed by atoms with Gasteiger partial charge >= 0.3 is 0 Å². The van der Waals surface area contributed by atoms with Gasteiger partial charge in [-0.05, 0) is 61.1 Å². The molecule has 0 bridgehead atoms. The van der Waals surface area contributed by atoms with Gasteiger partial charge in [0.05, 0.1) is 0 Å². The summed E-state index contributed by atoms with van der Waals surface area (Å²) in [6.07, 6.45) is 0.276. The number of H-pyrrole nitrogens is 1. The molecule has 1 aromatic heterocycles. The highest BCUT2D eigenvalue weighted by Crippen LogP contribution is 2.22. The summed E-state index contributed by atoms with van der Waals surface area (Å²) >= 11 is 5.34. The first kappa shape index (κ1) is 22.4. The first-order valence-electron chi connectivity index (χ1n) is 10.5. The van der Waals surface area contributed by atoms with E-state index >= 15 is 0 Å². The van der Waals surface area contributed by atoms with Crippen LogP contribution < -0.4 is 10.1 Å². The van der Waals surface area contributed by atoms with Crippen molar-refractivity contribution in [3.05, 3.63) is 94.5 Å². The van der Waals surface area contributed by atoms with Gasteiger partial charge in [0.2, 0.25) is 5.91 Å². The smallest absolute Gasteiger partial charge is 0.222 e. The minimum absolute atomic E-state index is 0.0837. The molecule has 0 saturated carbocycles.